The van der Waals surface area contributed by atoms with E-state index < -0.39 is 11.9 Å². The molecule has 2 amide bonds. The number of nitrogens with zero attached hydrogens (tertiary/aromatic N) is 1. The molecule has 5 nitrogen and oxygen atoms in total. The van der Waals surface area contributed by atoms with Gasteiger partial charge < -0.3 is 11.1 Å². The van der Waals surface area contributed by atoms with E-state index in [2.05, 4.69) is 10.3 Å². The first-order valence-corrected chi connectivity index (χ1v) is 7.72. The van der Waals surface area contributed by atoms with Crippen LogP contribution < -0.4 is 11.1 Å². The van der Waals surface area contributed by atoms with Crippen LogP contribution in [0.15, 0.2) is 36.5 Å². The van der Waals surface area contributed by atoms with Crippen molar-refractivity contribution in [3.8, 4) is 0 Å². The first-order chi connectivity index (χ1) is 10.3. The summed E-state index contributed by atoms with van der Waals surface area (Å²) in [5, 5.41) is 3.54. The predicted octanol–water partition coefficient (Wildman–Crippen LogP) is 2.40. The van der Waals surface area contributed by atoms with Gasteiger partial charge in [0.05, 0.1) is 11.2 Å². The highest BCUT2D eigenvalue weighted by molar-refractivity contribution is 7.13. The Balaban J connectivity index is 2.19. The minimum absolute atomic E-state index is 0.119. The monoisotopic (exact) mass is 317 g/mol. The smallest absolute Gasteiger partial charge is 0.263 e. The molecule has 1 aromatic carbocycles. The zero-order chi connectivity index (χ0) is 16.3. The van der Waals surface area contributed by atoms with Crippen LogP contribution in [0.5, 0.6) is 0 Å². The second kappa shape index (κ2) is 6.27. The summed E-state index contributed by atoms with van der Waals surface area (Å²) in [6, 6.07) is 8.08. The Hall–Kier alpha value is -2.21. The van der Waals surface area contributed by atoms with Crippen LogP contribution in [0.1, 0.15) is 47.1 Å². The topological polar surface area (TPSA) is 85.1 Å². The number of rotatable bonds is 4. The third-order valence-corrected chi connectivity index (χ3v) is 4.49. The van der Waals surface area contributed by atoms with E-state index >= 15 is 0 Å². The molecular weight excluding hydrogens is 298 g/mol. The van der Waals surface area contributed by atoms with Gasteiger partial charge in [0.25, 0.3) is 5.91 Å². The third-order valence-electron chi connectivity index (χ3n) is 3.06. The van der Waals surface area contributed by atoms with Crippen molar-refractivity contribution in [2.24, 2.45) is 5.73 Å². The van der Waals surface area contributed by atoms with Crippen LogP contribution in [-0.4, -0.2) is 16.8 Å². The van der Waals surface area contributed by atoms with E-state index in [4.69, 9.17) is 5.73 Å². The molecule has 0 aliphatic heterocycles. The molecule has 2 aromatic rings. The fourth-order valence-electron chi connectivity index (χ4n) is 1.89. The Kier molecular flexibility index (Phi) is 4.61. The molecule has 6 heteroatoms. The van der Waals surface area contributed by atoms with Gasteiger partial charge in [-0.2, -0.15) is 0 Å². The van der Waals surface area contributed by atoms with Crippen LogP contribution in [0, 0.1) is 0 Å². The molecule has 116 valence electrons. The van der Waals surface area contributed by atoms with Gasteiger partial charge in [-0.05, 0) is 5.56 Å². The summed E-state index contributed by atoms with van der Waals surface area (Å²) in [4.78, 5) is 28.7. The molecule has 1 heterocycles. The second-order valence-electron chi connectivity index (χ2n) is 6.00. The average molecular weight is 317 g/mol. The van der Waals surface area contributed by atoms with Crippen molar-refractivity contribution in [2.45, 2.75) is 32.2 Å². The zero-order valence-electron chi connectivity index (χ0n) is 12.8. The van der Waals surface area contributed by atoms with Crippen LogP contribution in [0.3, 0.4) is 0 Å². The number of carbonyl (C=O) groups is 2. The molecule has 0 unspecified atom stereocenters. The minimum Gasteiger partial charge on any atom is -0.368 e. The molecule has 0 fully saturated rings. The molecular formula is C16H19N3O2S. The summed E-state index contributed by atoms with van der Waals surface area (Å²) in [6.07, 6.45) is 1.53. The van der Waals surface area contributed by atoms with Gasteiger partial charge in [0.15, 0.2) is 0 Å². The Labute approximate surface area is 133 Å². The minimum atomic E-state index is -0.853. The molecule has 22 heavy (non-hydrogen) atoms. The van der Waals surface area contributed by atoms with Gasteiger partial charge >= 0.3 is 0 Å². The first kappa shape index (κ1) is 16.2. The molecule has 0 aliphatic carbocycles. The van der Waals surface area contributed by atoms with Gasteiger partial charge in [0.2, 0.25) is 5.91 Å². The summed E-state index contributed by atoms with van der Waals surface area (Å²) in [5.74, 6) is -0.944. The van der Waals surface area contributed by atoms with E-state index in [1.165, 1.54) is 17.5 Å². The molecule has 0 saturated carbocycles. The number of amides is 2. The van der Waals surface area contributed by atoms with Gasteiger partial charge in [-0.1, -0.05) is 51.1 Å². The molecule has 0 saturated heterocycles. The van der Waals surface area contributed by atoms with Gasteiger partial charge in [-0.25, -0.2) is 4.98 Å². The fourth-order valence-corrected chi connectivity index (χ4v) is 2.77. The van der Waals surface area contributed by atoms with Gasteiger partial charge in [-0.15, -0.1) is 11.3 Å². The maximum atomic E-state index is 12.3. The lowest BCUT2D eigenvalue weighted by Crippen LogP contribution is -2.37. The summed E-state index contributed by atoms with van der Waals surface area (Å²) < 4.78 is 0. The lowest BCUT2D eigenvalue weighted by Gasteiger charge is -2.15. The molecule has 1 atom stereocenters. The number of nitrogens with one attached hydrogen (secondary N) is 1. The summed E-state index contributed by atoms with van der Waals surface area (Å²) in [7, 11) is 0. The van der Waals surface area contributed by atoms with Crippen LogP contribution in [-0.2, 0) is 10.2 Å². The van der Waals surface area contributed by atoms with Gasteiger partial charge in [0, 0.05) is 5.41 Å². The summed E-state index contributed by atoms with van der Waals surface area (Å²) in [5.41, 5.74) is 5.94. The second-order valence-corrected chi connectivity index (χ2v) is 7.03. The summed E-state index contributed by atoms with van der Waals surface area (Å²) >= 11 is 1.32. The number of hydrogen-bond acceptors (Lipinski definition) is 4. The van der Waals surface area contributed by atoms with Gasteiger partial charge in [0.1, 0.15) is 10.9 Å². The molecule has 1 aromatic heterocycles. The maximum absolute atomic E-state index is 12.3. The van der Waals surface area contributed by atoms with Crippen molar-refractivity contribution >= 4 is 23.2 Å². The molecule has 0 radical (unpaired) electrons. The highest BCUT2D eigenvalue weighted by atomic mass is 32.1. The number of carbonyl (C=O) groups excluding carboxylic acids is 2. The highest BCUT2D eigenvalue weighted by Gasteiger charge is 2.24. The SMILES string of the molecule is CC(C)(C)c1ncc(C(=O)N[C@H](C(N)=O)c2ccccc2)s1. The normalized spacial score (nSPS) is 12.7. The average Bonchev–Trinajstić information content (AvgIpc) is 2.95. The number of nitrogens with two attached hydrogens (primary N) is 1. The highest BCUT2D eigenvalue weighted by Crippen LogP contribution is 2.27. The molecule has 3 N–H and O–H groups in total. The lowest BCUT2D eigenvalue weighted by molar-refractivity contribution is -0.120. The van der Waals surface area contributed by atoms with Crippen LogP contribution in [0.4, 0.5) is 0 Å². The van der Waals surface area contributed by atoms with Gasteiger partial charge in [-0.3, -0.25) is 9.59 Å². The largest absolute Gasteiger partial charge is 0.368 e. The van der Waals surface area contributed by atoms with E-state index in [1.54, 1.807) is 24.3 Å². The number of aromatic nitrogens is 1. The molecule has 0 aliphatic rings. The maximum Gasteiger partial charge on any atom is 0.263 e. The zero-order valence-corrected chi connectivity index (χ0v) is 13.6. The van der Waals surface area contributed by atoms with E-state index in [1.807, 2.05) is 26.8 Å². The molecule has 0 bridgehead atoms. The Morgan fingerprint density at radius 1 is 1.23 bits per heavy atom. The van der Waals surface area contributed by atoms with E-state index in [9.17, 15) is 9.59 Å². The Morgan fingerprint density at radius 3 is 2.36 bits per heavy atom. The van der Waals surface area contributed by atoms with E-state index in [0.717, 1.165) is 5.01 Å². The number of thiazole rings is 1. The number of benzene rings is 1. The lowest BCUT2D eigenvalue weighted by atomic mass is 9.98. The Bertz CT molecular complexity index is 674. The van der Waals surface area contributed by atoms with E-state index in [-0.39, 0.29) is 11.3 Å². The van der Waals surface area contributed by atoms with Crippen molar-refractivity contribution in [2.75, 3.05) is 0 Å². The predicted molar refractivity (Wildman–Crippen MR) is 86.7 cm³/mol. The van der Waals surface area contributed by atoms with E-state index in [0.29, 0.717) is 10.4 Å². The molecule has 0 spiro atoms. The number of hydrogen-bond donors (Lipinski definition) is 2. The Morgan fingerprint density at radius 2 is 1.86 bits per heavy atom. The quantitative estimate of drug-likeness (QED) is 0.908. The first-order valence-electron chi connectivity index (χ1n) is 6.90. The third kappa shape index (κ3) is 3.71. The van der Waals surface area contributed by atoms with Crippen molar-refractivity contribution in [3.63, 3.8) is 0 Å². The van der Waals surface area contributed by atoms with Crippen LogP contribution in [0.25, 0.3) is 0 Å². The van der Waals surface area contributed by atoms with Crippen molar-refractivity contribution in [1.29, 1.82) is 0 Å². The van der Waals surface area contributed by atoms with Crippen molar-refractivity contribution in [1.82, 2.24) is 10.3 Å². The van der Waals surface area contributed by atoms with Crippen molar-refractivity contribution in [3.05, 3.63) is 52.0 Å². The van der Waals surface area contributed by atoms with Crippen LogP contribution >= 0.6 is 11.3 Å². The van der Waals surface area contributed by atoms with Crippen LogP contribution in [0.2, 0.25) is 0 Å². The van der Waals surface area contributed by atoms with Crippen molar-refractivity contribution < 1.29 is 9.59 Å². The standard InChI is InChI=1S/C16H19N3O2S/c1-16(2,3)15-18-9-11(22-15)14(21)19-12(13(17)20)10-7-5-4-6-8-10/h4-9,12H,1-3H3,(H2,17,20)(H,19,21)/t12-/m0/s1. The fraction of sp³-hybridized carbons (Fsp3) is 0.312. The summed E-state index contributed by atoms with van der Waals surface area (Å²) in [6.45, 7) is 6.09. The molecule has 2 rings (SSSR count). The number of primary amides is 1.